The van der Waals surface area contributed by atoms with E-state index in [0.29, 0.717) is 21.2 Å². The van der Waals surface area contributed by atoms with E-state index in [4.69, 9.17) is 23.2 Å². The number of anilines is 1. The van der Waals surface area contributed by atoms with Crippen molar-refractivity contribution in [3.63, 3.8) is 0 Å². The lowest BCUT2D eigenvalue weighted by atomic mass is 10.1. The second-order valence-corrected chi connectivity index (χ2v) is 7.53. The van der Waals surface area contributed by atoms with Crippen LogP contribution in [0.2, 0.25) is 10.0 Å². The third-order valence-corrected chi connectivity index (χ3v) is 5.03. The zero-order valence-corrected chi connectivity index (χ0v) is 16.8. The van der Waals surface area contributed by atoms with Crippen molar-refractivity contribution < 1.29 is 14.4 Å². The van der Waals surface area contributed by atoms with Crippen molar-refractivity contribution in [1.29, 1.82) is 0 Å². The Morgan fingerprint density at radius 2 is 1.82 bits per heavy atom. The van der Waals surface area contributed by atoms with Gasteiger partial charge in [-0.25, -0.2) is 0 Å². The van der Waals surface area contributed by atoms with Gasteiger partial charge >= 0.3 is 11.8 Å². The van der Waals surface area contributed by atoms with E-state index in [1.165, 1.54) is 0 Å². The number of carbonyl (C=O) groups excluding carboxylic acids is 3. The van der Waals surface area contributed by atoms with Gasteiger partial charge in [-0.2, -0.15) is 0 Å². The van der Waals surface area contributed by atoms with Gasteiger partial charge in [0.05, 0.1) is 0 Å². The van der Waals surface area contributed by atoms with Crippen molar-refractivity contribution in [1.82, 2.24) is 10.6 Å². The van der Waals surface area contributed by atoms with Crippen LogP contribution in [0.25, 0.3) is 0 Å². The van der Waals surface area contributed by atoms with Gasteiger partial charge in [0.2, 0.25) is 0 Å². The summed E-state index contributed by atoms with van der Waals surface area (Å²) in [4.78, 5) is 38.9. The highest BCUT2D eigenvalue weighted by Crippen LogP contribution is 2.36. The van der Waals surface area contributed by atoms with E-state index in [9.17, 15) is 14.4 Å². The Morgan fingerprint density at radius 3 is 2.50 bits per heavy atom. The molecule has 2 N–H and O–H groups in total. The Balaban J connectivity index is 1.68. The molecule has 2 aromatic rings. The van der Waals surface area contributed by atoms with E-state index in [1.807, 2.05) is 26.0 Å². The summed E-state index contributed by atoms with van der Waals surface area (Å²) < 4.78 is 0. The van der Waals surface area contributed by atoms with Crippen LogP contribution in [0, 0.1) is 0 Å². The van der Waals surface area contributed by atoms with Crippen LogP contribution in [0.5, 0.6) is 0 Å². The molecule has 28 heavy (non-hydrogen) atoms. The van der Waals surface area contributed by atoms with Crippen LogP contribution in [-0.2, 0) is 20.9 Å². The molecule has 0 spiro atoms. The van der Waals surface area contributed by atoms with Crippen molar-refractivity contribution in [3.05, 3.63) is 63.6 Å². The average molecular weight is 420 g/mol. The maximum Gasteiger partial charge on any atom is 0.310 e. The van der Waals surface area contributed by atoms with E-state index in [1.54, 1.807) is 35.2 Å². The quantitative estimate of drug-likeness (QED) is 0.746. The molecule has 1 unspecified atom stereocenters. The fraction of sp³-hybridized carbons (Fsp3) is 0.250. The molecule has 0 aromatic heterocycles. The SMILES string of the molecule is CC(C)N1C(=O)C(NC(=O)C(=O)NCc2ccc(Cl)cc2Cl)c2ccccc21. The Hall–Kier alpha value is -2.57. The van der Waals surface area contributed by atoms with Crippen LogP contribution in [-0.4, -0.2) is 23.8 Å². The second-order valence-electron chi connectivity index (χ2n) is 6.69. The highest BCUT2D eigenvalue weighted by molar-refractivity contribution is 6.36. The van der Waals surface area contributed by atoms with Gasteiger partial charge in [-0.05, 0) is 37.6 Å². The minimum atomic E-state index is -0.893. The highest BCUT2D eigenvalue weighted by Gasteiger charge is 2.39. The predicted octanol–water partition coefficient (Wildman–Crippen LogP) is 3.22. The molecule has 0 radical (unpaired) electrons. The lowest BCUT2D eigenvalue weighted by Crippen LogP contribution is -2.45. The molecular formula is C20H19Cl2N3O3. The number of hydrogen-bond donors (Lipinski definition) is 2. The first-order valence-electron chi connectivity index (χ1n) is 8.74. The summed E-state index contributed by atoms with van der Waals surface area (Å²) in [6, 6.07) is 11.1. The fourth-order valence-corrected chi connectivity index (χ4v) is 3.61. The molecule has 0 bridgehead atoms. The monoisotopic (exact) mass is 419 g/mol. The zero-order valence-electron chi connectivity index (χ0n) is 15.3. The van der Waals surface area contributed by atoms with E-state index >= 15 is 0 Å². The maximum absolute atomic E-state index is 12.8. The Bertz CT molecular complexity index is 946. The summed E-state index contributed by atoms with van der Waals surface area (Å²) in [5, 5.41) is 5.90. The highest BCUT2D eigenvalue weighted by atomic mass is 35.5. The minimum Gasteiger partial charge on any atom is -0.344 e. The van der Waals surface area contributed by atoms with Gasteiger partial charge in [0.15, 0.2) is 0 Å². The average Bonchev–Trinajstić information content (AvgIpc) is 2.92. The van der Waals surface area contributed by atoms with Gasteiger partial charge in [0.25, 0.3) is 5.91 Å². The summed E-state index contributed by atoms with van der Waals surface area (Å²) >= 11 is 11.9. The molecule has 1 atom stereocenters. The normalized spacial score (nSPS) is 15.5. The fourth-order valence-electron chi connectivity index (χ4n) is 3.13. The summed E-state index contributed by atoms with van der Waals surface area (Å²) in [5.74, 6) is -2.00. The molecule has 146 valence electrons. The van der Waals surface area contributed by atoms with E-state index in [0.717, 1.165) is 5.69 Å². The van der Waals surface area contributed by atoms with Crippen LogP contribution in [0.15, 0.2) is 42.5 Å². The maximum atomic E-state index is 12.8. The van der Waals surface area contributed by atoms with Crippen LogP contribution in [0.4, 0.5) is 5.69 Å². The first kappa shape index (κ1) is 20.2. The minimum absolute atomic E-state index is 0.0651. The van der Waals surface area contributed by atoms with Gasteiger partial charge in [-0.1, -0.05) is 47.5 Å². The molecule has 3 rings (SSSR count). The number of nitrogens with zero attached hydrogens (tertiary/aromatic N) is 1. The van der Waals surface area contributed by atoms with E-state index in [-0.39, 0.29) is 18.5 Å². The number of rotatable bonds is 4. The van der Waals surface area contributed by atoms with Crippen molar-refractivity contribution in [3.8, 4) is 0 Å². The number of nitrogens with one attached hydrogen (secondary N) is 2. The molecule has 0 saturated carbocycles. The third kappa shape index (κ3) is 3.98. The molecule has 1 heterocycles. The topological polar surface area (TPSA) is 78.5 Å². The second kappa shape index (κ2) is 8.20. The summed E-state index contributed by atoms with van der Waals surface area (Å²) in [5.41, 5.74) is 2.03. The zero-order chi connectivity index (χ0) is 20.4. The molecule has 1 aliphatic rings. The molecule has 0 aliphatic carbocycles. The van der Waals surface area contributed by atoms with Crippen LogP contribution in [0.1, 0.15) is 31.0 Å². The third-order valence-electron chi connectivity index (χ3n) is 4.44. The van der Waals surface area contributed by atoms with Crippen molar-refractivity contribution in [2.75, 3.05) is 4.90 Å². The van der Waals surface area contributed by atoms with Gasteiger partial charge in [0.1, 0.15) is 6.04 Å². The number of amides is 3. The molecular weight excluding hydrogens is 401 g/mol. The number of carbonyl (C=O) groups is 3. The van der Waals surface area contributed by atoms with Crippen molar-refractivity contribution in [2.45, 2.75) is 32.5 Å². The van der Waals surface area contributed by atoms with Crippen LogP contribution in [0.3, 0.4) is 0 Å². The Morgan fingerprint density at radius 1 is 1.11 bits per heavy atom. The summed E-state index contributed by atoms with van der Waals surface area (Å²) in [6.45, 7) is 3.85. The number of benzene rings is 2. The number of para-hydroxylation sites is 1. The molecule has 6 nitrogen and oxygen atoms in total. The summed E-state index contributed by atoms with van der Waals surface area (Å²) in [7, 11) is 0. The van der Waals surface area contributed by atoms with Crippen molar-refractivity contribution in [2.24, 2.45) is 0 Å². The van der Waals surface area contributed by atoms with Crippen molar-refractivity contribution >= 4 is 46.6 Å². The molecule has 0 saturated heterocycles. The molecule has 1 aliphatic heterocycles. The number of hydrogen-bond acceptors (Lipinski definition) is 3. The van der Waals surface area contributed by atoms with Gasteiger partial charge in [-0.3, -0.25) is 14.4 Å². The standard InChI is InChI=1S/C20H19Cl2N3O3/c1-11(2)25-16-6-4-3-5-14(16)17(20(25)28)24-19(27)18(26)23-10-12-7-8-13(21)9-15(12)22/h3-9,11,17H,10H2,1-2H3,(H,23,26)(H,24,27). The van der Waals surface area contributed by atoms with Gasteiger partial charge in [-0.15, -0.1) is 0 Å². The number of fused-ring (bicyclic) bond motifs is 1. The first-order valence-corrected chi connectivity index (χ1v) is 9.49. The first-order chi connectivity index (χ1) is 13.3. The molecule has 0 fully saturated rings. The lowest BCUT2D eigenvalue weighted by Gasteiger charge is -2.22. The van der Waals surface area contributed by atoms with Crippen LogP contribution < -0.4 is 15.5 Å². The predicted molar refractivity (Wildman–Crippen MR) is 108 cm³/mol. The molecule has 2 aromatic carbocycles. The van der Waals surface area contributed by atoms with Gasteiger partial charge < -0.3 is 15.5 Å². The van der Waals surface area contributed by atoms with E-state index < -0.39 is 17.9 Å². The molecule has 8 heteroatoms. The van der Waals surface area contributed by atoms with E-state index in [2.05, 4.69) is 10.6 Å². The van der Waals surface area contributed by atoms with Crippen LogP contribution >= 0.6 is 23.2 Å². The summed E-state index contributed by atoms with van der Waals surface area (Å²) in [6.07, 6.45) is 0. The lowest BCUT2D eigenvalue weighted by molar-refractivity contribution is -0.140. The van der Waals surface area contributed by atoms with Gasteiger partial charge in [0, 0.05) is 33.9 Å². The smallest absolute Gasteiger partial charge is 0.310 e. The molecule has 3 amide bonds. The largest absolute Gasteiger partial charge is 0.344 e. The Kier molecular flexibility index (Phi) is 5.91. The number of halogens is 2. The Labute approximate surface area is 172 Å².